The molecule has 0 amide bonds. The van der Waals surface area contributed by atoms with Gasteiger partial charge in [-0.1, -0.05) is 28.1 Å². The molecule has 0 fully saturated rings. The second-order valence-electron chi connectivity index (χ2n) is 5.13. The number of guanidine groups is 1. The second-order valence-corrected chi connectivity index (χ2v) is 6.04. The maximum atomic E-state index is 5.06. The van der Waals surface area contributed by atoms with Crippen molar-refractivity contribution in [3.63, 3.8) is 0 Å². The number of hydrogen-bond acceptors (Lipinski definition) is 3. The van der Waals surface area contributed by atoms with E-state index in [2.05, 4.69) is 55.6 Å². The van der Waals surface area contributed by atoms with Gasteiger partial charge >= 0.3 is 0 Å². The molecule has 1 aromatic carbocycles. The molecule has 0 saturated carbocycles. The predicted molar refractivity (Wildman–Crippen MR) is 96.3 cm³/mol. The number of benzene rings is 1. The normalized spacial score (nSPS) is 11.8. The lowest BCUT2D eigenvalue weighted by molar-refractivity contribution is 0.180. The lowest BCUT2D eigenvalue weighted by Crippen LogP contribution is -2.40. The predicted octanol–water partition coefficient (Wildman–Crippen LogP) is 2.08. The van der Waals surface area contributed by atoms with Crippen LogP contribution in [-0.2, 0) is 11.3 Å². The summed E-state index contributed by atoms with van der Waals surface area (Å²) in [6, 6.07) is 8.27. The van der Waals surface area contributed by atoms with Crippen molar-refractivity contribution < 1.29 is 4.74 Å². The highest BCUT2D eigenvalue weighted by atomic mass is 79.9. The number of nitrogens with zero attached hydrogens (tertiary/aromatic N) is 2. The molecule has 0 bridgehead atoms. The standard InChI is InChI=1S/C16H27BrN4O/c1-18-16(19-9-11-21(2)10-4-12-22-3)20-13-14-5-7-15(17)8-6-14/h5-8H,4,9-13H2,1-3H3,(H2,18,19,20). The van der Waals surface area contributed by atoms with Gasteiger partial charge in [-0.2, -0.15) is 0 Å². The van der Waals surface area contributed by atoms with Crippen LogP contribution in [0.1, 0.15) is 12.0 Å². The van der Waals surface area contributed by atoms with Gasteiger partial charge in [-0.05, 0) is 31.2 Å². The zero-order chi connectivity index (χ0) is 16.2. The van der Waals surface area contributed by atoms with E-state index in [1.54, 1.807) is 14.2 Å². The summed E-state index contributed by atoms with van der Waals surface area (Å²) in [6.07, 6.45) is 1.06. The molecule has 0 aromatic heterocycles. The van der Waals surface area contributed by atoms with E-state index in [-0.39, 0.29) is 0 Å². The number of ether oxygens (including phenoxy) is 1. The van der Waals surface area contributed by atoms with E-state index in [1.807, 2.05) is 12.1 Å². The summed E-state index contributed by atoms with van der Waals surface area (Å²) in [5.74, 6) is 0.827. The molecule has 0 unspecified atom stereocenters. The van der Waals surface area contributed by atoms with E-state index in [4.69, 9.17) is 4.74 Å². The maximum absolute atomic E-state index is 5.06. The van der Waals surface area contributed by atoms with Crippen molar-refractivity contribution in [1.29, 1.82) is 0 Å². The highest BCUT2D eigenvalue weighted by molar-refractivity contribution is 9.10. The molecule has 22 heavy (non-hydrogen) atoms. The summed E-state index contributed by atoms with van der Waals surface area (Å²) in [4.78, 5) is 6.53. The van der Waals surface area contributed by atoms with Crippen LogP contribution >= 0.6 is 15.9 Å². The summed E-state index contributed by atoms with van der Waals surface area (Å²) < 4.78 is 6.15. The minimum atomic E-state index is 0.761. The third-order valence-electron chi connectivity index (χ3n) is 3.27. The number of rotatable bonds is 9. The molecule has 5 nitrogen and oxygen atoms in total. The van der Waals surface area contributed by atoms with Crippen LogP contribution < -0.4 is 10.6 Å². The van der Waals surface area contributed by atoms with Crippen LogP contribution in [0.3, 0.4) is 0 Å². The number of halogens is 1. The quantitative estimate of drug-likeness (QED) is 0.397. The van der Waals surface area contributed by atoms with E-state index in [9.17, 15) is 0 Å². The molecule has 0 atom stereocenters. The van der Waals surface area contributed by atoms with Gasteiger partial charge in [0, 0.05) is 51.4 Å². The molecule has 0 aliphatic carbocycles. The van der Waals surface area contributed by atoms with Crippen LogP contribution in [0.5, 0.6) is 0 Å². The van der Waals surface area contributed by atoms with Crippen molar-refractivity contribution in [1.82, 2.24) is 15.5 Å². The summed E-state index contributed by atoms with van der Waals surface area (Å²) in [5.41, 5.74) is 1.22. The Morgan fingerprint density at radius 1 is 1.23 bits per heavy atom. The lowest BCUT2D eigenvalue weighted by Gasteiger charge is -2.18. The number of methoxy groups -OCH3 is 1. The zero-order valence-corrected chi connectivity index (χ0v) is 15.3. The van der Waals surface area contributed by atoms with E-state index in [0.717, 1.165) is 49.6 Å². The first-order valence-corrected chi connectivity index (χ1v) is 8.31. The molecule has 0 saturated heterocycles. The third kappa shape index (κ3) is 8.36. The monoisotopic (exact) mass is 370 g/mol. The van der Waals surface area contributed by atoms with Gasteiger partial charge < -0.3 is 20.3 Å². The number of likely N-dealkylation sites (N-methyl/N-ethyl adjacent to an activating group) is 1. The lowest BCUT2D eigenvalue weighted by atomic mass is 10.2. The Balaban J connectivity index is 2.21. The van der Waals surface area contributed by atoms with E-state index >= 15 is 0 Å². The van der Waals surface area contributed by atoms with Crippen LogP contribution in [0.2, 0.25) is 0 Å². The van der Waals surface area contributed by atoms with Gasteiger partial charge in [0.15, 0.2) is 5.96 Å². The molecule has 1 rings (SSSR count). The van der Waals surface area contributed by atoms with Gasteiger partial charge in [-0.25, -0.2) is 0 Å². The Kier molecular flexibility index (Phi) is 9.86. The minimum absolute atomic E-state index is 0.761. The smallest absolute Gasteiger partial charge is 0.191 e. The fourth-order valence-corrected chi connectivity index (χ4v) is 2.23. The topological polar surface area (TPSA) is 48.9 Å². The first-order chi connectivity index (χ1) is 10.7. The van der Waals surface area contributed by atoms with Crippen molar-refractivity contribution in [2.45, 2.75) is 13.0 Å². The second kappa shape index (κ2) is 11.5. The molecule has 124 valence electrons. The Hall–Kier alpha value is -1.11. The number of nitrogens with one attached hydrogen (secondary N) is 2. The Morgan fingerprint density at radius 3 is 2.59 bits per heavy atom. The SMILES string of the molecule is CN=C(NCCN(C)CCCOC)NCc1ccc(Br)cc1. The van der Waals surface area contributed by atoms with Crippen molar-refractivity contribution >= 4 is 21.9 Å². The molecular weight excluding hydrogens is 344 g/mol. The fourth-order valence-electron chi connectivity index (χ4n) is 1.96. The summed E-state index contributed by atoms with van der Waals surface area (Å²) >= 11 is 3.44. The van der Waals surface area contributed by atoms with Crippen LogP contribution in [-0.4, -0.2) is 58.3 Å². The molecule has 0 spiro atoms. The van der Waals surface area contributed by atoms with E-state index in [1.165, 1.54) is 5.56 Å². The first-order valence-electron chi connectivity index (χ1n) is 7.52. The van der Waals surface area contributed by atoms with Crippen molar-refractivity contribution in [2.75, 3.05) is 47.4 Å². The molecule has 0 aliphatic heterocycles. The molecule has 0 aliphatic rings. The summed E-state index contributed by atoms with van der Waals surface area (Å²) in [5, 5.41) is 6.65. The van der Waals surface area contributed by atoms with Gasteiger partial charge in [-0.3, -0.25) is 4.99 Å². The zero-order valence-electron chi connectivity index (χ0n) is 13.7. The van der Waals surface area contributed by atoms with Crippen LogP contribution in [0.4, 0.5) is 0 Å². The Morgan fingerprint density at radius 2 is 1.95 bits per heavy atom. The van der Waals surface area contributed by atoms with E-state index < -0.39 is 0 Å². The molecule has 0 heterocycles. The summed E-state index contributed by atoms with van der Waals surface area (Å²) in [7, 11) is 5.65. The molecule has 1 aromatic rings. The molecule has 2 N–H and O–H groups in total. The van der Waals surface area contributed by atoms with E-state index in [0.29, 0.717) is 0 Å². The Bertz CT molecular complexity index is 436. The highest BCUT2D eigenvalue weighted by Gasteiger charge is 2.01. The maximum Gasteiger partial charge on any atom is 0.191 e. The minimum Gasteiger partial charge on any atom is -0.385 e. The van der Waals surface area contributed by atoms with Gasteiger partial charge in [0.1, 0.15) is 0 Å². The fraction of sp³-hybridized carbons (Fsp3) is 0.562. The average molecular weight is 371 g/mol. The Labute approximate surface area is 142 Å². The molecule has 0 radical (unpaired) electrons. The van der Waals surface area contributed by atoms with Crippen LogP contribution in [0.25, 0.3) is 0 Å². The average Bonchev–Trinajstić information content (AvgIpc) is 2.52. The van der Waals surface area contributed by atoms with Crippen LogP contribution in [0.15, 0.2) is 33.7 Å². The first kappa shape index (κ1) is 18.9. The number of aliphatic imine (C=N–C) groups is 1. The van der Waals surface area contributed by atoms with Crippen molar-refractivity contribution in [3.8, 4) is 0 Å². The highest BCUT2D eigenvalue weighted by Crippen LogP contribution is 2.10. The molecular formula is C16H27BrN4O. The number of hydrogen-bond donors (Lipinski definition) is 2. The van der Waals surface area contributed by atoms with Gasteiger partial charge in [0.25, 0.3) is 0 Å². The van der Waals surface area contributed by atoms with Crippen molar-refractivity contribution in [3.05, 3.63) is 34.3 Å². The van der Waals surface area contributed by atoms with Crippen LogP contribution in [0, 0.1) is 0 Å². The third-order valence-corrected chi connectivity index (χ3v) is 3.80. The largest absolute Gasteiger partial charge is 0.385 e. The van der Waals surface area contributed by atoms with Gasteiger partial charge in [0.05, 0.1) is 0 Å². The van der Waals surface area contributed by atoms with Gasteiger partial charge in [0.2, 0.25) is 0 Å². The van der Waals surface area contributed by atoms with Gasteiger partial charge in [-0.15, -0.1) is 0 Å². The van der Waals surface area contributed by atoms with Crippen molar-refractivity contribution in [2.24, 2.45) is 4.99 Å². The summed E-state index contributed by atoms with van der Waals surface area (Å²) in [6.45, 7) is 4.46. The molecule has 6 heteroatoms.